The zero-order chi connectivity index (χ0) is 12.4. The molecule has 0 amide bonds. The van der Waals surface area contributed by atoms with Crippen LogP contribution in [0.1, 0.15) is 25.2 Å². The lowest BCUT2D eigenvalue weighted by molar-refractivity contribution is 0.705. The van der Waals surface area contributed by atoms with Gasteiger partial charge in [0, 0.05) is 24.5 Å². The Labute approximate surface area is 101 Å². The number of nitrogens with two attached hydrogens (primary N) is 1. The summed E-state index contributed by atoms with van der Waals surface area (Å²) in [6.07, 6.45) is 3.63. The molecule has 0 atom stereocenters. The first-order chi connectivity index (χ1) is 8.17. The van der Waals surface area contributed by atoms with Gasteiger partial charge in [0.15, 0.2) is 0 Å². The van der Waals surface area contributed by atoms with Crippen molar-refractivity contribution in [1.82, 2.24) is 14.8 Å². The van der Waals surface area contributed by atoms with E-state index in [9.17, 15) is 0 Å². The molecule has 2 aromatic heterocycles. The molecular formula is C13H18N4. The summed E-state index contributed by atoms with van der Waals surface area (Å²) in [5, 5.41) is 4.56. The van der Waals surface area contributed by atoms with Crippen LogP contribution >= 0.6 is 0 Å². The van der Waals surface area contributed by atoms with Gasteiger partial charge in [-0.05, 0) is 30.5 Å². The van der Waals surface area contributed by atoms with E-state index in [4.69, 9.17) is 5.73 Å². The van der Waals surface area contributed by atoms with Crippen molar-refractivity contribution in [2.24, 2.45) is 7.05 Å². The van der Waals surface area contributed by atoms with Gasteiger partial charge in [-0.1, -0.05) is 13.8 Å². The molecule has 0 aliphatic rings. The second-order valence-corrected chi connectivity index (χ2v) is 4.07. The smallest absolute Gasteiger partial charge is 0.123 e. The van der Waals surface area contributed by atoms with Gasteiger partial charge >= 0.3 is 0 Å². The van der Waals surface area contributed by atoms with E-state index < -0.39 is 0 Å². The highest BCUT2D eigenvalue weighted by molar-refractivity contribution is 5.70. The quantitative estimate of drug-likeness (QED) is 0.879. The lowest BCUT2D eigenvalue weighted by Crippen LogP contribution is -1.97. The molecule has 4 heteroatoms. The Bertz CT molecular complexity index is 528. The Hall–Kier alpha value is -1.84. The third-order valence-electron chi connectivity index (χ3n) is 2.98. The summed E-state index contributed by atoms with van der Waals surface area (Å²) >= 11 is 0. The zero-order valence-electron chi connectivity index (χ0n) is 10.6. The molecule has 2 aromatic rings. The Morgan fingerprint density at radius 1 is 1.29 bits per heavy atom. The highest BCUT2D eigenvalue weighted by Crippen LogP contribution is 2.28. The van der Waals surface area contributed by atoms with Crippen molar-refractivity contribution in [3.8, 4) is 11.1 Å². The first-order valence-corrected chi connectivity index (χ1v) is 5.94. The number of aromatic nitrogens is 3. The van der Waals surface area contributed by atoms with Crippen molar-refractivity contribution in [2.45, 2.75) is 26.7 Å². The predicted molar refractivity (Wildman–Crippen MR) is 69.6 cm³/mol. The molecule has 90 valence electrons. The van der Waals surface area contributed by atoms with Gasteiger partial charge in [0.05, 0.1) is 5.69 Å². The molecule has 0 aromatic carbocycles. The Morgan fingerprint density at radius 2 is 2.06 bits per heavy atom. The maximum absolute atomic E-state index is 5.75. The fraction of sp³-hybridized carbons (Fsp3) is 0.385. The van der Waals surface area contributed by atoms with Crippen molar-refractivity contribution >= 4 is 5.82 Å². The summed E-state index contributed by atoms with van der Waals surface area (Å²) < 4.78 is 1.96. The standard InChI is InChI=1S/C13H18N4/c1-4-10-13(11(5-2)17(3)16-10)9-6-7-15-12(14)8-9/h6-8H,4-5H2,1-3H3,(H2,14,15). The average Bonchev–Trinajstić information content (AvgIpc) is 2.65. The van der Waals surface area contributed by atoms with Gasteiger partial charge in [-0.15, -0.1) is 0 Å². The normalized spacial score (nSPS) is 10.8. The van der Waals surface area contributed by atoms with Gasteiger partial charge in [-0.25, -0.2) is 4.98 Å². The van der Waals surface area contributed by atoms with Crippen molar-refractivity contribution in [2.75, 3.05) is 5.73 Å². The van der Waals surface area contributed by atoms with Gasteiger partial charge < -0.3 is 5.73 Å². The van der Waals surface area contributed by atoms with E-state index in [0.717, 1.165) is 24.1 Å². The SMILES string of the molecule is CCc1nn(C)c(CC)c1-c1ccnc(N)c1. The van der Waals surface area contributed by atoms with Crippen LogP contribution in [-0.2, 0) is 19.9 Å². The molecule has 17 heavy (non-hydrogen) atoms. The molecule has 4 nitrogen and oxygen atoms in total. The summed E-state index contributed by atoms with van der Waals surface area (Å²) in [6.45, 7) is 4.26. The van der Waals surface area contributed by atoms with Crippen LogP contribution in [0.5, 0.6) is 0 Å². The Morgan fingerprint density at radius 3 is 2.65 bits per heavy atom. The lowest BCUT2D eigenvalue weighted by atomic mass is 10.0. The van der Waals surface area contributed by atoms with Crippen molar-refractivity contribution in [3.05, 3.63) is 29.7 Å². The fourth-order valence-corrected chi connectivity index (χ4v) is 2.21. The summed E-state index contributed by atoms with van der Waals surface area (Å²) in [6, 6.07) is 3.90. The molecule has 0 aliphatic heterocycles. The lowest BCUT2D eigenvalue weighted by Gasteiger charge is -2.05. The minimum atomic E-state index is 0.551. The highest BCUT2D eigenvalue weighted by Gasteiger charge is 2.15. The minimum Gasteiger partial charge on any atom is -0.384 e. The third kappa shape index (κ3) is 2.02. The van der Waals surface area contributed by atoms with Crippen LogP contribution in [-0.4, -0.2) is 14.8 Å². The van der Waals surface area contributed by atoms with Gasteiger partial charge in [0.2, 0.25) is 0 Å². The number of rotatable bonds is 3. The second-order valence-electron chi connectivity index (χ2n) is 4.07. The number of nitrogen functional groups attached to an aromatic ring is 1. The number of pyridine rings is 1. The van der Waals surface area contributed by atoms with Crippen LogP contribution in [0.4, 0.5) is 5.82 Å². The van der Waals surface area contributed by atoms with Gasteiger partial charge in [0.25, 0.3) is 0 Å². The second kappa shape index (κ2) is 4.57. The van der Waals surface area contributed by atoms with Gasteiger partial charge in [0.1, 0.15) is 5.82 Å². The molecule has 0 radical (unpaired) electrons. The molecule has 0 saturated carbocycles. The largest absolute Gasteiger partial charge is 0.384 e. The van der Waals surface area contributed by atoms with Crippen molar-refractivity contribution < 1.29 is 0 Å². The Balaban J connectivity index is 2.64. The van der Waals surface area contributed by atoms with Gasteiger partial charge in [-0.2, -0.15) is 5.10 Å². The van der Waals surface area contributed by atoms with E-state index in [1.165, 1.54) is 11.3 Å². The molecule has 0 unspecified atom stereocenters. The molecule has 2 N–H and O–H groups in total. The highest BCUT2D eigenvalue weighted by atomic mass is 15.3. The number of hydrogen-bond acceptors (Lipinski definition) is 3. The van der Waals surface area contributed by atoms with E-state index >= 15 is 0 Å². The van der Waals surface area contributed by atoms with Crippen LogP contribution in [0.15, 0.2) is 18.3 Å². The molecule has 0 aliphatic carbocycles. The molecule has 2 rings (SSSR count). The summed E-state index contributed by atoms with van der Waals surface area (Å²) in [5.41, 5.74) is 10.4. The first kappa shape index (κ1) is 11.6. The summed E-state index contributed by atoms with van der Waals surface area (Å²) in [4.78, 5) is 4.03. The van der Waals surface area contributed by atoms with Crippen LogP contribution in [0.25, 0.3) is 11.1 Å². The maximum atomic E-state index is 5.75. The first-order valence-electron chi connectivity index (χ1n) is 5.94. The topological polar surface area (TPSA) is 56.7 Å². The molecule has 2 heterocycles. The minimum absolute atomic E-state index is 0.551. The molecule has 0 saturated heterocycles. The van der Waals surface area contributed by atoms with E-state index in [1.807, 2.05) is 23.9 Å². The Kier molecular flexibility index (Phi) is 3.13. The maximum Gasteiger partial charge on any atom is 0.123 e. The van der Waals surface area contributed by atoms with Crippen LogP contribution in [0.2, 0.25) is 0 Å². The third-order valence-corrected chi connectivity index (χ3v) is 2.98. The van der Waals surface area contributed by atoms with Gasteiger partial charge in [-0.3, -0.25) is 4.68 Å². The van der Waals surface area contributed by atoms with Crippen LogP contribution in [0, 0.1) is 0 Å². The van der Waals surface area contributed by atoms with E-state index in [2.05, 4.69) is 23.9 Å². The number of aryl methyl sites for hydroxylation is 2. The van der Waals surface area contributed by atoms with Crippen LogP contribution < -0.4 is 5.73 Å². The fourth-order valence-electron chi connectivity index (χ4n) is 2.21. The van der Waals surface area contributed by atoms with Crippen molar-refractivity contribution in [3.63, 3.8) is 0 Å². The van der Waals surface area contributed by atoms with E-state index in [0.29, 0.717) is 5.82 Å². The summed E-state index contributed by atoms with van der Waals surface area (Å²) in [5.74, 6) is 0.551. The van der Waals surface area contributed by atoms with E-state index in [1.54, 1.807) is 6.20 Å². The van der Waals surface area contributed by atoms with Crippen molar-refractivity contribution in [1.29, 1.82) is 0 Å². The summed E-state index contributed by atoms with van der Waals surface area (Å²) in [7, 11) is 1.99. The molecule has 0 fully saturated rings. The number of hydrogen-bond donors (Lipinski definition) is 1. The average molecular weight is 230 g/mol. The number of nitrogens with zero attached hydrogens (tertiary/aromatic N) is 3. The van der Waals surface area contributed by atoms with E-state index in [-0.39, 0.29) is 0 Å². The number of anilines is 1. The molecule has 0 spiro atoms. The predicted octanol–water partition coefficient (Wildman–Crippen LogP) is 2.19. The zero-order valence-corrected chi connectivity index (χ0v) is 10.6. The van der Waals surface area contributed by atoms with Crippen LogP contribution in [0.3, 0.4) is 0 Å². The molecule has 0 bridgehead atoms. The monoisotopic (exact) mass is 230 g/mol. The molecular weight excluding hydrogens is 212 g/mol.